The first-order valence-corrected chi connectivity index (χ1v) is 8.17. The topological polar surface area (TPSA) is 85.3 Å². The SMILES string of the molecule is COc1nc(NC2CC2)nc(-c2ccc(N3CCOCC3)nc2)n1. The molecule has 2 aromatic rings. The van der Waals surface area contributed by atoms with E-state index in [1.807, 2.05) is 12.1 Å². The summed E-state index contributed by atoms with van der Waals surface area (Å²) in [4.78, 5) is 19.8. The Morgan fingerprint density at radius 2 is 2.00 bits per heavy atom. The molecule has 1 saturated heterocycles. The average Bonchev–Trinajstić information content (AvgIpc) is 3.46. The second-order valence-corrected chi connectivity index (χ2v) is 5.89. The van der Waals surface area contributed by atoms with E-state index in [1.165, 1.54) is 0 Å². The summed E-state index contributed by atoms with van der Waals surface area (Å²) in [6, 6.07) is 4.74. The highest BCUT2D eigenvalue weighted by Crippen LogP contribution is 2.25. The summed E-state index contributed by atoms with van der Waals surface area (Å²) in [5.41, 5.74) is 0.839. The van der Waals surface area contributed by atoms with Gasteiger partial charge in [0.15, 0.2) is 5.82 Å². The van der Waals surface area contributed by atoms with E-state index in [-0.39, 0.29) is 0 Å². The summed E-state index contributed by atoms with van der Waals surface area (Å²) in [7, 11) is 1.56. The Labute approximate surface area is 140 Å². The fourth-order valence-electron chi connectivity index (χ4n) is 2.55. The lowest BCUT2D eigenvalue weighted by atomic mass is 10.2. The second-order valence-electron chi connectivity index (χ2n) is 5.89. The van der Waals surface area contributed by atoms with E-state index in [0.717, 1.165) is 50.5 Å². The van der Waals surface area contributed by atoms with Gasteiger partial charge in [-0.25, -0.2) is 4.98 Å². The monoisotopic (exact) mass is 328 g/mol. The van der Waals surface area contributed by atoms with Crippen LogP contribution in [0.2, 0.25) is 0 Å². The number of nitrogens with zero attached hydrogens (tertiary/aromatic N) is 5. The molecule has 0 atom stereocenters. The van der Waals surface area contributed by atoms with Gasteiger partial charge in [0.2, 0.25) is 5.95 Å². The summed E-state index contributed by atoms with van der Waals surface area (Å²) >= 11 is 0. The van der Waals surface area contributed by atoms with E-state index in [4.69, 9.17) is 9.47 Å². The number of methoxy groups -OCH3 is 1. The molecule has 2 aliphatic rings. The summed E-state index contributed by atoms with van der Waals surface area (Å²) < 4.78 is 10.6. The molecular weight excluding hydrogens is 308 g/mol. The van der Waals surface area contributed by atoms with Crippen LogP contribution in [0.15, 0.2) is 18.3 Å². The van der Waals surface area contributed by atoms with Crippen LogP contribution in [0.4, 0.5) is 11.8 Å². The summed E-state index contributed by atoms with van der Waals surface area (Å²) in [5, 5.41) is 3.28. The quantitative estimate of drug-likeness (QED) is 0.880. The summed E-state index contributed by atoms with van der Waals surface area (Å²) in [6.07, 6.45) is 4.10. The number of anilines is 2. The number of ether oxygens (including phenoxy) is 2. The molecule has 126 valence electrons. The van der Waals surface area contributed by atoms with Crippen LogP contribution >= 0.6 is 0 Å². The fourth-order valence-corrected chi connectivity index (χ4v) is 2.55. The van der Waals surface area contributed by atoms with Crippen LogP contribution in [0.3, 0.4) is 0 Å². The lowest BCUT2D eigenvalue weighted by Gasteiger charge is -2.27. The lowest BCUT2D eigenvalue weighted by Crippen LogP contribution is -2.36. The highest BCUT2D eigenvalue weighted by Gasteiger charge is 2.23. The van der Waals surface area contributed by atoms with Crippen LogP contribution in [-0.2, 0) is 4.74 Å². The zero-order valence-corrected chi connectivity index (χ0v) is 13.6. The number of rotatable bonds is 5. The maximum absolute atomic E-state index is 5.37. The molecule has 0 radical (unpaired) electrons. The molecule has 0 aromatic carbocycles. The van der Waals surface area contributed by atoms with Crippen LogP contribution in [0.25, 0.3) is 11.4 Å². The van der Waals surface area contributed by atoms with Gasteiger partial charge in [-0.05, 0) is 25.0 Å². The molecule has 0 bridgehead atoms. The van der Waals surface area contributed by atoms with Crippen molar-refractivity contribution in [2.75, 3.05) is 43.6 Å². The zero-order chi connectivity index (χ0) is 16.4. The number of aromatic nitrogens is 4. The van der Waals surface area contributed by atoms with Crippen molar-refractivity contribution in [1.82, 2.24) is 19.9 Å². The van der Waals surface area contributed by atoms with Gasteiger partial charge in [0.1, 0.15) is 5.82 Å². The highest BCUT2D eigenvalue weighted by atomic mass is 16.5. The van der Waals surface area contributed by atoms with Gasteiger partial charge in [-0.3, -0.25) is 0 Å². The molecule has 1 aliphatic carbocycles. The van der Waals surface area contributed by atoms with Crippen molar-refractivity contribution < 1.29 is 9.47 Å². The molecule has 2 aromatic heterocycles. The Kier molecular flexibility index (Phi) is 4.12. The Morgan fingerprint density at radius 1 is 1.17 bits per heavy atom. The molecule has 1 N–H and O–H groups in total. The van der Waals surface area contributed by atoms with Gasteiger partial charge in [-0.15, -0.1) is 0 Å². The zero-order valence-electron chi connectivity index (χ0n) is 13.6. The first-order valence-electron chi connectivity index (χ1n) is 8.17. The predicted octanol–water partition coefficient (Wildman–Crippen LogP) is 1.35. The van der Waals surface area contributed by atoms with Crippen molar-refractivity contribution in [1.29, 1.82) is 0 Å². The minimum atomic E-state index is 0.306. The smallest absolute Gasteiger partial charge is 0.321 e. The van der Waals surface area contributed by atoms with Gasteiger partial charge < -0.3 is 19.7 Å². The van der Waals surface area contributed by atoms with Crippen LogP contribution in [0, 0.1) is 0 Å². The van der Waals surface area contributed by atoms with E-state index in [1.54, 1.807) is 13.3 Å². The van der Waals surface area contributed by atoms with Crippen LogP contribution in [0.1, 0.15) is 12.8 Å². The van der Waals surface area contributed by atoms with Gasteiger partial charge in [0.25, 0.3) is 0 Å². The number of nitrogens with one attached hydrogen (secondary N) is 1. The Morgan fingerprint density at radius 3 is 2.67 bits per heavy atom. The van der Waals surface area contributed by atoms with Crippen LogP contribution in [-0.4, -0.2) is 59.4 Å². The third-order valence-electron chi connectivity index (χ3n) is 4.05. The van der Waals surface area contributed by atoms with E-state index < -0.39 is 0 Å². The first-order chi connectivity index (χ1) is 11.8. The Balaban J connectivity index is 1.57. The molecule has 0 amide bonds. The van der Waals surface area contributed by atoms with Crippen molar-refractivity contribution in [3.05, 3.63) is 18.3 Å². The molecule has 0 spiro atoms. The van der Waals surface area contributed by atoms with Crippen LogP contribution in [0.5, 0.6) is 6.01 Å². The van der Waals surface area contributed by atoms with E-state index in [0.29, 0.717) is 23.8 Å². The molecule has 2 fully saturated rings. The molecule has 8 heteroatoms. The minimum Gasteiger partial charge on any atom is -0.467 e. The maximum Gasteiger partial charge on any atom is 0.321 e. The summed E-state index contributed by atoms with van der Waals surface area (Å²) in [6.45, 7) is 3.21. The lowest BCUT2D eigenvalue weighted by molar-refractivity contribution is 0.122. The number of morpholine rings is 1. The molecule has 1 saturated carbocycles. The predicted molar refractivity (Wildman–Crippen MR) is 89.3 cm³/mol. The minimum absolute atomic E-state index is 0.306. The molecule has 24 heavy (non-hydrogen) atoms. The van der Waals surface area contributed by atoms with Crippen molar-refractivity contribution in [3.8, 4) is 17.4 Å². The van der Waals surface area contributed by atoms with Gasteiger partial charge in [0.05, 0.1) is 20.3 Å². The van der Waals surface area contributed by atoms with E-state index >= 15 is 0 Å². The molecular formula is C16H20N6O2. The first kappa shape index (κ1) is 15.1. The normalized spacial score (nSPS) is 17.6. The number of hydrogen-bond acceptors (Lipinski definition) is 8. The van der Waals surface area contributed by atoms with Gasteiger partial charge in [-0.2, -0.15) is 15.0 Å². The fraction of sp³-hybridized carbons (Fsp3) is 0.500. The molecule has 0 unspecified atom stereocenters. The van der Waals surface area contributed by atoms with Crippen molar-refractivity contribution in [2.24, 2.45) is 0 Å². The number of hydrogen-bond donors (Lipinski definition) is 1. The van der Waals surface area contributed by atoms with Gasteiger partial charge >= 0.3 is 6.01 Å². The summed E-state index contributed by atoms with van der Waals surface area (Å²) in [5.74, 6) is 2.06. The van der Waals surface area contributed by atoms with Gasteiger partial charge in [-0.1, -0.05) is 0 Å². The van der Waals surface area contributed by atoms with Crippen molar-refractivity contribution in [2.45, 2.75) is 18.9 Å². The Bertz CT molecular complexity index is 698. The molecule has 1 aliphatic heterocycles. The number of pyridine rings is 1. The largest absolute Gasteiger partial charge is 0.467 e. The average molecular weight is 328 g/mol. The van der Waals surface area contributed by atoms with Gasteiger partial charge in [0, 0.05) is 30.9 Å². The molecule has 3 heterocycles. The van der Waals surface area contributed by atoms with Crippen molar-refractivity contribution in [3.63, 3.8) is 0 Å². The maximum atomic E-state index is 5.37. The molecule has 4 rings (SSSR count). The molecule has 8 nitrogen and oxygen atoms in total. The Hall–Kier alpha value is -2.48. The standard InChI is InChI=1S/C16H20N6O2/c1-23-16-20-14(19-15(21-16)18-12-3-4-12)11-2-5-13(17-10-11)22-6-8-24-9-7-22/h2,5,10,12H,3-4,6-9H2,1H3,(H,18,19,20,21). The van der Waals surface area contributed by atoms with Crippen LogP contribution < -0.4 is 15.0 Å². The van der Waals surface area contributed by atoms with E-state index in [9.17, 15) is 0 Å². The van der Waals surface area contributed by atoms with E-state index in [2.05, 4.69) is 30.2 Å². The third kappa shape index (κ3) is 3.38. The second kappa shape index (κ2) is 6.56. The van der Waals surface area contributed by atoms with Crippen molar-refractivity contribution >= 4 is 11.8 Å². The third-order valence-corrected chi connectivity index (χ3v) is 4.05. The highest BCUT2D eigenvalue weighted by molar-refractivity contribution is 5.58.